The van der Waals surface area contributed by atoms with Crippen molar-refractivity contribution < 1.29 is 9.53 Å². The number of ether oxygens (including phenoxy) is 1. The van der Waals surface area contributed by atoms with Crippen LogP contribution in [-0.4, -0.2) is 54.1 Å². The molecule has 2 aromatic rings. The molecule has 0 radical (unpaired) electrons. The number of carbonyl (C=O) groups excluding carboxylic acids is 1. The van der Waals surface area contributed by atoms with Gasteiger partial charge >= 0.3 is 0 Å². The molecule has 1 saturated heterocycles. The van der Waals surface area contributed by atoms with Crippen LogP contribution < -0.4 is 9.64 Å². The molecule has 7 heteroatoms. The molecule has 0 aliphatic carbocycles. The number of para-hydroxylation sites is 1. The minimum atomic E-state index is -0.123. The van der Waals surface area contributed by atoms with E-state index in [0.29, 0.717) is 24.7 Å². The molecular formula is C17H19ClN4O2. The van der Waals surface area contributed by atoms with Crippen molar-refractivity contribution in [1.29, 1.82) is 0 Å². The second kappa shape index (κ2) is 7.49. The average molecular weight is 347 g/mol. The van der Waals surface area contributed by atoms with Crippen LogP contribution in [0.2, 0.25) is 5.02 Å². The molecule has 2 heterocycles. The van der Waals surface area contributed by atoms with E-state index in [-0.39, 0.29) is 5.91 Å². The molecule has 1 aliphatic heterocycles. The minimum Gasteiger partial charge on any atom is -0.480 e. The van der Waals surface area contributed by atoms with Crippen molar-refractivity contribution in [3.63, 3.8) is 0 Å². The number of rotatable bonds is 3. The SMILES string of the molecule is COc1cncc(C(=O)N2CCCN(c3ccccc3Cl)CC2)n1. The summed E-state index contributed by atoms with van der Waals surface area (Å²) < 4.78 is 5.04. The predicted octanol–water partition coefficient (Wildman–Crippen LogP) is 2.49. The van der Waals surface area contributed by atoms with Gasteiger partial charge in [0.15, 0.2) is 5.69 Å². The Labute approximate surface area is 146 Å². The monoisotopic (exact) mass is 346 g/mol. The molecule has 1 fully saturated rings. The fraction of sp³-hybridized carbons (Fsp3) is 0.353. The van der Waals surface area contributed by atoms with Crippen molar-refractivity contribution in [2.24, 2.45) is 0 Å². The molecule has 1 aromatic carbocycles. The zero-order valence-electron chi connectivity index (χ0n) is 13.5. The summed E-state index contributed by atoms with van der Waals surface area (Å²) in [6, 6.07) is 7.78. The molecule has 3 rings (SSSR count). The van der Waals surface area contributed by atoms with Gasteiger partial charge < -0.3 is 14.5 Å². The lowest BCUT2D eigenvalue weighted by molar-refractivity contribution is 0.0759. The van der Waals surface area contributed by atoms with E-state index in [1.807, 2.05) is 24.3 Å². The van der Waals surface area contributed by atoms with Gasteiger partial charge in [0, 0.05) is 26.2 Å². The van der Waals surface area contributed by atoms with Crippen molar-refractivity contribution in [2.45, 2.75) is 6.42 Å². The maximum atomic E-state index is 12.7. The van der Waals surface area contributed by atoms with Crippen LogP contribution in [0.4, 0.5) is 5.69 Å². The van der Waals surface area contributed by atoms with E-state index in [9.17, 15) is 4.79 Å². The van der Waals surface area contributed by atoms with Gasteiger partial charge in [0.05, 0.1) is 30.2 Å². The largest absolute Gasteiger partial charge is 0.480 e. The molecule has 0 N–H and O–H groups in total. The van der Waals surface area contributed by atoms with Gasteiger partial charge in [-0.1, -0.05) is 23.7 Å². The fourth-order valence-electron chi connectivity index (χ4n) is 2.78. The lowest BCUT2D eigenvalue weighted by Crippen LogP contribution is -2.35. The highest BCUT2D eigenvalue weighted by molar-refractivity contribution is 6.33. The number of amides is 1. The zero-order valence-corrected chi connectivity index (χ0v) is 14.2. The minimum absolute atomic E-state index is 0.123. The quantitative estimate of drug-likeness (QED) is 0.854. The van der Waals surface area contributed by atoms with E-state index < -0.39 is 0 Å². The molecule has 1 aromatic heterocycles. The van der Waals surface area contributed by atoms with Gasteiger partial charge in [0.2, 0.25) is 5.88 Å². The van der Waals surface area contributed by atoms with Gasteiger partial charge in [-0.3, -0.25) is 9.78 Å². The summed E-state index contributed by atoms with van der Waals surface area (Å²) in [5.41, 5.74) is 1.31. The van der Waals surface area contributed by atoms with Gasteiger partial charge in [0.25, 0.3) is 5.91 Å². The molecule has 24 heavy (non-hydrogen) atoms. The first-order valence-corrected chi connectivity index (χ1v) is 8.21. The Morgan fingerprint density at radius 1 is 1.17 bits per heavy atom. The standard InChI is InChI=1S/C17H19ClN4O2/c1-24-16-12-19-11-14(20-16)17(23)22-8-4-7-21(9-10-22)15-6-3-2-5-13(15)18/h2-3,5-6,11-12H,4,7-10H2,1H3. The summed E-state index contributed by atoms with van der Waals surface area (Å²) in [7, 11) is 1.51. The number of hydrogen-bond acceptors (Lipinski definition) is 5. The summed E-state index contributed by atoms with van der Waals surface area (Å²) >= 11 is 6.28. The van der Waals surface area contributed by atoms with Crippen molar-refractivity contribution in [3.05, 3.63) is 47.4 Å². The van der Waals surface area contributed by atoms with Crippen LogP contribution in [0.1, 0.15) is 16.9 Å². The van der Waals surface area contributed by atoms with Crippen molar-refractivity contribution in [1.82, 2.24) is 14.9 Å². The summed E-state index contributed by atoms with van der Waals surface area (Å²) in [4.78, 5) is 24.9. The smallest absolute Gasteiger partial charge is 0.274 e. The van der Waals surface area contributed by atoms with Crippen molar-refractivity contribution in [2.75, 3.05) is 38.2 Å². The molecule has 6 nitrogen and oxygen atoms in total. The normalized spacial score (nSPS) is 15.1. The Kier molecular flexibility index (Phi) is 5.15. The molecule has 0 unspecified atom stereocenters. The number of carbonyl (C=O) groups is 1. The first kappa shape index (κ1) is 16.5. The number of anilines is 1. The van der Waals surface area contributed by atoms with Gasteiger partial charge in [-0.2, -0.15) is 0 Å². The van der Waals surface area contributed by atoms with Crippen LogP contribution in [0, 0.1) is 0 Å². The van der Waals surface area contributed by atoms with Gasteiger partial charge in [0.1, 0.15) is 0 Å². The van der Waals surface area contributed by atoms with Gasteiger partial charge in [-0.15, -0.1) is 0 Å². The summed E-state index contributed by atoms with van der Waals surface area (Å²) in [5.74, 6) is 0.218. The Hall–Kier alpha value is -2.34. The number of nitrogens with zero attached hydrogens (tertiary/aromatic N) is 4. The summed E-state index contributed by atoms with van der Waals surface area (Å²) in [5, 5.41) is 0.732. The zero-order chi connectivity index (χ0) is 16.9. The van der Waals surface area contributed by atoms with Gasteiger partial charge in [-0.25, -0.2) is 4.98 Å². The van der Waals surface area contributed by atoms with Crippen LogP contribution in [0.25, 0.3) is 0 Å². The number of methoxy groups -OCH3 is 1. The Morgan fingerprint density at radius 2 is 2.00 bits per heavy atom. The van der Waals surface area contributed by atoms with Gasteiger partial charge in [-0.05, 0) is 18.6 Å². The van der Waals surface area contributed by atoms with Crippen LogP contribution in [-0.2, 0) is 0 Å². The van der Waals surface area contributed by atoms with E-state index in [4.69, 9.17) is 16.3 Å². The molecular weight excluding hydrogens is 328 g/mol. The Morgan fingerprint density at radius 3 is 2.79 bits per heavy atom. The van der Waals surface area contributed by atoms with Crippen molar-refractivity contribution >= 4 is 23.2 Å². The number of hydrogen-bond donors (Lipinski definition) is 0. The third kappa shape index (κ3) is 3.59. The third-order valence-electron chi connectivity index (χ3n) is 4.02. The Bertz CT molecular complexity index is 725. The first-order valence-electron chi connectivity index (χ1n) is 7.84. The van der Waals surface area contributed by atoms with Crippen LogP contribution in [0.15, 0.2) is 36.7 Å². The molecule has 0 atom stereocenters. The molecule has 0 saturated carbocycles. The highest BCUT2D eigenvalue weighted by atomic mass is 35.5. The molecule has 126 valence electrons. The van der Waals surface area contributed by atoms with Crippen molar-refractivity contribution in [3.8, 4) is 5.88 Å². The van der Waals surface area contributed by atoms with E-state index >= 15 is 0 Å². The third-order valence-corrected chi connectivity index (χ3v) is 4.34. The average Bonchev–Trinajstić information content (AvgIpc) is 2.87. The molecule has 1 amide bonds. The van der Waals surface area contributed by atoms with E-state index in [0.717, 1.165) is 30.2 Å². The molecule has 0 bridgehead atoms. The maximum absolute atomic E-state index is 12.7. The molecule has 0 spiro atoms. The highest BCUT2D eigenvalue weighted by Crippen LogP contribution is 2.26. The van der Waals surface area contributed by atoms with Crippen LogP contribution in [0.5, 0.6) is 5.88 Å². The number of aromatic nitrogens is 2. The highest BCUT2D eigenvalue weighted by Gasteiger charge is 2.22. The summed E-state index contributed by atoms with van der Waals surface area (Å²) in [6.45, 7) is 2.88. The fourth-order valence-corrected chi connectivity index (χ4v) is 3.04. The number of halogens is 1. The second-order valence-electron chi connectivity index (χ2n) is 5.53. The Balaban J connectivity index is 1.71. The lowest BCUT2D eigenvalue weighted by atomic mass is 10.2. The summed E-state index contributed by atoms with van der Waals surface area (Å²) in [6.07, 6.45) is 3.83. The van der Waals surface area contributed by atoms with E-state index in [2.05, 4.69) is 14.9 Å². The predicted molar refractivity (Wildman–Crippen MR) is 92.8 cm³/mol. The lowest BCUT2D eigenvalue weighted by Gasteiger charge is -2.24. The number of benzene rings is 1. The second-order valence-corrected chi connectivity index (χ2v) is 5.94. The molecule has 1 aliphatic rings. The topological polar surface area (TPSA) is 58.6 Å². The maximum Gasteiger partial charge on any atom is 0.274 e. The van der Waals surface area contributed by atoms with Crippen LogP contribution >= 0.6 is 11.6 Å². The van der Waals surface area contributed by atoms with E-state index in [1.54, 1.807) is 4.90 Å². The van der Waals surface area contributed by atoms with E-state index in [1.165, 1.54) is 19.5 Å². The van der Waals surface area contributed by atoms with Crippen LogP contribution in [0.3, 0.4) is 0 Å². The first-order chi connectivity index (χ1) is 11.7.